The molecule has 23 heteroatoms. The summed E-state index contributed by atoms with van der Waals surface area (Å²) in [5, 5.41) is 5.46. The van der Waals surface area contributed by atoms with Crippen LogP contribution in [0.15, 0.2) is 0 Å². The molecule has 2 unspecified atom stereocenters. The van der Waals surface area contributed by atoms with E-state index in [0.29, 0.717) is 0 Å². The molecule has 0 spiro atoms. The van der Waals surface area contributed by atoms with Gasteiger partial charge in [-0.05, 0) is 6.42 Å². The van der Waals surface area contributed by atoms with E-state index in [4.69, 9.17) is 5.11 Å². The summed E-state index contributed by atoms with van der Waals surface area (Å²) in [5.41, 5.74) is 0. The van der Waals surface area contributed by atoms with Crippen molar-refractivity contribution in [3.8, 4) is 0 Å². The van der Waals surface area contributed by atoms with Crippen LogP contribution in [-0.4, -0.2) is 47.5 Å². The van der Waals surface area contributed by atoms with Crippen molar-refractivity contribution in [1.29, 1.82) is 0 Å². The molecule has 0 aromatic carbocycles. The van der Waals surface area contributed by atoms with E-state index in [2.05, 4.69) is 0 Å². The molecule has 0 aromatic heterocycles. The molecule has 0 amide bonds. The Labute approximate surface area is 306 Å². The van der Waals surface area contributed by atoms with Crippen molar-refractivity contribution in [2.45, 2.75) is 11.8 Å². The first-order valence-electron chi connectivity index (χ1n) is 5.84. The van der Waals surface area contributed by atoms with Gasteiger partial charge in [-0.15, -0.1) is 0 Å². The first-order chi connectivity index (χ1) is 10.4. The molecule has 0 bridgehead atoms. The van der Waals surface area contributed by atoms with Crippen LogP contribution in [-0.2, 0) is 28.6 Å². The summed E-state index contributed by atoms with van der Waals surface area (Å²) in [4.78, 5) is 65.5. The normalized spacial score (nSPS) is 14.0. The number of hydrogen-bond acceptors (Lipinski definition) is 12. The standard InChI is InChI=1S/C7H17O13P3S.6Na/c8-7(9)5(1-2-24(18,19)20)3-21(10,11)4-6(22(12,13)14)23(15,16)17;;;;;;/h5-6H,1-4H2,(H,8,9)(H,10,11)(H2,12,13,14)(H2,15,16,17)(H,18,19,20);;;;;;/q;6*+1/p-6. The minimum atomic E-state index is -6.16. The van der Waals surface area contributed by atoms with Gasteiger partial charge >= 0.3 is 183 Å². The van der Waals surface area contributed by atoms with E-state index in [-0.39, 0.29) is 177 Å². The Bertz CT molecular complexity index is 701. The molecule has 0 aliphatic heterocycles. The monoisotopic (exact) mass is 566 g/mol. The van der Waals surface area contributed by atoms with Crippen molar-refractivity contribution in [2.75, 3.05) is 18.1 Å². The van der Waals surface area contributed by atoms with Gasteiger partial charge in [-0.3, -0.25) is 4.79 Å². The summed E-state index contributed by atoms with van der Waals surface area (Å²) in [6.45, 7) is 0. The molecule has 0 aliphatic carbocycles. The summed E-state index contributed by atoms with van der Waals surface area (Å²) < 4.78 is 64.5. The first kappa shape index (κ1) is 52.3. The van der Waals surface area contributed by atoms with Crippen molar-refractivity contribution < 1.29 is 238 Å². The van der Waals surface area contributed by atoms with E-state index in [1.807, 2.05) is 0 Å². The molecule has 1 N–H and O–H groups in total. The first-order valence-corrected chi connectivity index (χ1v) is 12.6. The molecule has 2 atom stereocenters. The zero-order valence-electron chi connectivity index (χ0n) is 17.6. The maximum absolute atomic E-state index is 11.7. The Balaban J connectivity index is -0.000000176. The molecule has 0 aliphatic rings. The predicted molar refractivity (Wildman–Crippen MR) is 66.6 cm³/mol. The fourth-order valence-electron chi connectivity index (χ4n) is 1.61. The van der Waals surface area contributed by atoms with Crippen LogP contribution >= 0.6 is 22.6 Å². The smallest absolute Gasteiger partial charge is 0.810 e. The Morgan fingerprint density at radius 1 is 0.800 bits per heavy atom. The second-order valence-electron chi connectivity index (χ2n) is 4.83. The molecule has 0 saturated heterocycles. The Hall–Kier alpha value is 5.87. The van der Waals surface area contributed by atoms with Crippen LogP contribution in [0.3, 0.4) is 0 Å². The van der Waals surface area contributed by atoms with Gasteiger partial charge < -0.3 is 47.8 Å². The minimum Gasteiger partial charge on any atom is -0.810 e. The molecule has 0 aromatic rings. The molecule has 30 heavy (non-hydrogen) atoms. The Morgan fingerprint density at radius 3 is 1.37 bits per heavy atom. The van der Waals surface area contributed by atoms with Crippen molar-refractivity contribution in [1.82, 2.24) is 0 Å². The van der Waals surface area contributed by atoms with Gasteiger partial charge in [0, 0.05) is 30.8 Å². The van der Waals surface area contributed by atoms with E-state index in [0.717, 1.165) is 0 Å². The number of aliphatic carboxylic acids is 1. The third kappa shape index (κ3) is 25.5. The number of carboxylic acid groups (broad SMARTS) is 1. The van der Waals surface area contributed by atoms with Crippen LogP contribution in [0.25, 0.3) is 0 Å². The summed E-state index contributed by atoms with van der Waals surface area (Å²) in [6.07, 6.45) is -4.32. The zero-order chi connectivity index (χ0) is 19.6. The SMILES string of the molecule is O=C(O)C(CCS(=O)(=O)[O-])CP(=O)([O-])CC(P(=O)([O-])[O-])P(=O)([O-])[O-].[Na+].[Na+].[Na+].[Na+].[Na+].[Na+]. The molecule has 0 radical (unpaired) electrons. The van der Waals surface area contributed by atoms with E-state index in [1.54, 1.807) is 0 Å². The topological polar surface area (TPSA) is 261 Å². The van der Waals surface area contributed by atoms with E-state index >= 15 is 0 Å². The second-order valence-corrected chi connectivity index (χ2v) is 12.5. The van der Waals surface area contributed by atoms with Gasteiger partial charge in [-0.2, -0.15) is 0 Å². The Morgan fingerprint density at radius 2 is 1.13 bits per heavy atom. The van der Waals surface area contributed by atoms with Gasteiger partial charge in [-0.25, -0.2) is 8.42 Å². The number of carbonyl (C=O) groups is 1. The van der Waals surface area contributed by atoms with E-state index < -0.39 is 74.5 Å². The van der Waals surface area contributed by atoms with E-state index in [1.165, 1.54) is 0 Å². The van der Waals surface area contributed by atoms with Crippen molar-refractivity contribution in [3.05, 3.63) is 0 Å². The summed E-state index contributed by atoms with van der Waals surface area (Å²) in [7, 11) is -22.4. The van der Waals surface area contributed by atoms with Gasteiger partial charge in [0.25, 0.3) is 0 Å². The largest absolute Gasteiger partial charge is 1.00 e. The second kappa shape index (κ2) is 21.8. The minimum absolute atomic E-state index is 0. The summed E-state index contributed by atoms with van der Waals surface area (Å²) in [5.74, 6) is -5.07. The number of rotatable bonds is 10. The molecule has 0 rings (SSSR count). The van der Waals surface area contributed by atoms with Gasteiger partial charge in [-0.1, -0.05) is 15.2 Å². The molecule has 0 saturated carbocycles. The summed E-state index contributed by atoms with van der Waals surface area (Å²) >= 11 is 0. The maximum Gasteiger partial charge on any atom is 1.00 e. The van der Waals surface area contributed by atoms with Crippen LogP contribution < -0.4 is 202 Å². The van der Waals surface area contributed by atoms with Crippen LogP contribution in [0.5, 0.6) is 0 Å². The molecular weight excluding hydrogens is 555 g/mol. The molecule has 0 fully saturated rings. The predicted octanol–water partition coefficient (Wildman–Crippen LogP) is -22.6. The fourth-order valence-corrected chi connectivity index (χ4v) is 8.32. The third-order valence-corrected chi connectivity index (χ3v) is 9.49. The van der Waals surface area contributed by atoms with Crippen LogP contribution in [0.2, 0.25) is 0 Å². The average Bonchev–Trinajstić information content (AvgIpc) is 2.27. The number of carboxylic acids is 1. The molecule has 13 nitrogen and oxygen atoms in total. The Kier molecular flexibility index (Phi) is 38.0. The van der Waals surface area contributed by atoms with Gasteiger partial charge in [0.05, 0.1) is 16.0 Å². The molecule has 144 valence electrons. The van der Waals surface area contributed by atoms with Crippen LogP contribution in [0.1, 0.15) is 6.42 Å². The average molecular weight is 566 g/mol. The molecular formula is C7H11Na6O13P3S. The van der Waals surface area contributed by atoms with Crippen molar-refractivity contribution in [3.63, 3.8) is 0 Å². The maximum atomic E-state index is 11.7. The molecule has 0 heterocycles. The zero-order valence-corrected chi connectivity index (χ0v) is 33.1. The van der Waals surface area contributed by atoms with Crippen molar-refractivity contribution >= 4 is 38.6 Å². The summed E-state index contributed by atoms with van der Waals surface area (Å²) in [6, 6.07) is 0. The van der Waals surface area contributed by atoms with Crippen molar-refractivity contribution in [2.24, 2.45) is 5.92 Å². The quantitative estimate of drug-likeness (QED) is 0.146. The number of hydrogen-bond donors (Lipinski definition) is 1. The fraction of sp³-hybridized carbons (Fsp3) is 0.857. The van der Waals surface area contributed by atoms with Gasteiger partial charge in [0.1, 0.15) is 0 Å². The van der Waals surface area contributed by atoms with Crippen LogP contribution in [0, 0.1) is 5.92 Å². The van der Waals surface area contributed by atoms with E-state index in [9.17, 15) is 55.9 Å². The van der Waals surface area contributed by atoms with Crippen LogP contribution in [0.4, 0.5) is 0 Å². The van der Waals surface area contributed by atoms with Gasteiger partial charge in [0.2, 0.25) is 0 Å². The van der Waals surface area contributed by atoms with Gasteiger partial charge in [0.15, 0.2) is 0 Å². The third-order valence-electron chi connectivity index (χ3n) is 2.74.